The van der Waals surface area contributed by atoms with E-state index in [-0.39, 0.29) is 0 Å². The zero-order chi connectivity index (χ0) is 13.1. The van der Waals surface area contributed by atoms with Crippen molar-refractivity contribution in [2.45, 2.75) is 32.2 Å². The standard InChI is InChI=1S/C14H21N5/c1-2-15-11-12-5-3-4-9-18(12)14-13-6-7-17-19(13)10-8-16-14/h6-8,10,12,15H,2-5,9,11H2,1H3. The molecule has 2 aromatic rings. The topological polar surface area (TPSA) is 45.5 Å². The molecule has 0 spiro atoms. The summed E-state index contributed by atoms with van der Waals surface area (Å²) < 4.78 is 1.90. The van der Waals surface area contributed by atoms with Gasteiger partial charge in [-0.25, -0.2) is 9.50 Å². The quantitative estimate of drug-likeness (QED) is 0.907. The van der Waals surface area contributed by atoms with Crippen LogP contribution in [0.2, 0.25) is 0 Å². The Morgan fingerprint density at radius 3 is 3.21 bits per heavy atom. The molecule has 0 radical (unpaired) electrons. The van der Waals surface area contributed by atoms with E-state index in [2.05, 4.69) is 27.2 Å². The van der Waals surface area contributed by atoms with E-state index in [9.17, 15) is 0 Å². The van der Waals surface area contributed by atoms with E-state index in [0.717, 1.165) is 31.0 Å². The summed E-state index contributed by atoms with van der Waals surface area (Å²) in [6.45, 7) is 5.30. The van der Waals surface area contributed by atoms with Crippen LogP contribution < -0.4 is 10.2 Å². The van der Waals surface area contributed by atoms with Crippen LogP contribution >= 0.6 is 0 Å². The first-order valence-corrected chi connectivity index (χ1v) is 7.16. The van der Waals surface area contributed by atoms with Gasteiger partial charge in [-0.3, -0.25) is 0 Å². The van der Waals surface area contributed by atoms with Crippen molar-refractivity contribution >= 4 is 11.3 Å². The molecule has 2 aromatic heterocycles. The molecule has 5 heteroatoms. The lowest BCUT2D eigenvalue weighted by Gasteiger charge is -2.37. The second-order valence-corrected chi connectivity index (χ2v) is 5.06. The zero-order valence-corrected chi connectivity index (χ0v) is 11.4. The van der Waals surface area contributed by atoms with Crippen molar-refractivity contribution in [2.75, 3.05) is 24.5 Å². The van der Waals surface area contributed by atoms with Crippen LogP contribution in [0.4, 0.5) is 5.82 Å². The van der Waals surface area contributed by atoms with E-state index in [1.807, 2.05) is 29.2 Å². The molecule has 3 heterocycles. The highest BCUT2D eigenvalue weighted by atomic mass is 15.3. The maximum Gasteiger partial charge on any atom is 0.154 e. The van der Waals surface area contributed by atoms with Gasteiger partial charge in [0, 0.05) is 31.5 Å². The van der Waals surface area contributed by atoms with Gasteiger partial charge < -0.3 is 10.2 Å². The number of hydrogen-bond donors (Lipinski definition) is 1. The Kier molecular flexibility index (Phi) is 3.64. The highest BCUT2D eigenvalue weighted by Gasteiger charge is 2.24. The van der Waals surface area contributed by atoms with Gasteiger partial charge in [-0.2, -0.15) is 5.10 Å². The summed E-state index contributed by atoms with van der Waals surface area (Å²) in [4.78, 5) is 7.05. The van der Waals surface area contributed by atoms with E-state index < -0.39 is 0 Å². The number of rotatable bonds is 4. The molecule has 102 valence electrons. The molecule has 1 aliphatic rings. The molecule has 0 aliphatic carbocycles. The van der Waals surface area contributed by atoms with Gasteiger partial charge in [-0.15, -0.1) is 0 Å². The van der Waals surface area contributed by atoms with Crippen LogP contribution in [-0.4, -0.2) is 40.3 Å². The summed E-state index contributed by atoms with van der Waals surface area (Å²) >= 11 is 0. The second-order valence-electron chi connectivity index (χ2n) is 5.06. The van der Waals surface area contributed by atoms with E-state index in [1.54, 1.807) is 0 Å². The van der Waals surface area contributed by atoms with Crippen molar-refractivity contribution in [3.8, 4) is 0 Å². The zero-order valence-electron chi connectivity index (χ0n) is 11.4. The van der Waals surface area contributed by atoms with Gasteiger partial charge in [-0.1, -0.05) is 6.92 Å². The van der Waals surface area contributed by atoms with Crippen molar-refractivity contribution in [1.29, 1.82) is 0 Å². The molecular weight excluding hydrogens is 238 g/mol. The Morgan fingerprint density at radius 1 is 1.37 bits per heavy atom. The van der Waals surface area contributed by atoms with Gasteiger partial charge in [0.1, 0.15) is 5.52 Å². The minimum atomic E-state index is 0.544. The average molecular weight is 259 g/mol. The first kappa shape index (κ1) is 12.4. The van der Waals surface area contributed by atoms with Gasteiger partial charge >= 0.3 is 0 Å². The molecule has 1 atom stereocenters. The molecule has 1 fully saturated rings. The van der Waals surface area contributed by atoms with Crippen molar-refractivity contribution in [1.82, 2.24) is 19.9 Å². The molecule has 1 N–H and O–H groups in total. The van der Waals surface area contributed by atoms with Crippen LogP contribution in [-0.2, 0) is 0 Å². The van der Waals surface area contributed by atoms with Gasteiger partial charge in [0.2, 0.25) is 0 Å². The highest BCUT2D eigenvalue weighted by molar-refractivity contribution is 5.68. The highest BCUT2D eigenvalue weighted by Crippen LogP contribution is 2.26. The number of nitrogens with zero attached hydrogens (tertiary/aromatic N) is 4. The average Bonchev–Trinajstić information content (AvgIpc) is 2.94. The fourth-order valence-electron chi connectivity index (χ4n) is 2.87. The number of anilines is 1. The number of piperidine rings is 1. The summed E-state index contributed by atoms with van der Waals surface area (Å²) in [5.41, 5.74) is 1.10. The fourth-order valence-corrected chi connectivity index (χ4v) is 2.87. The minimum Gasteiger partial charge on any atom is -0.351 e. The lowest BCUT2D eigenvalue weighted by molar-refractivity contribution is 0.437. The number of fused-ring (bicyclic) bond motifs is 1. The molecule has 0 bridgehead atoms. The van der Waals surface area contributed by atoms with E-state index in [1.165, 1.54) is 19.3 Å². The SMILES string of the molecule is CCNCC1CCCCN1c1nccn2nccc12. The van der Waals surface area contributed by atoms with E-state index in [4.69, 9.17) is 0 Å². The van der Waals surface area contributed by atoms with E-state index >= 15 is 0 Å². The molecule has 1 saturated heterocycles. The number of hydrogen-bond acceptors (Lipinski definition) is 4. The third-order valence-corrected chi connectivity index (χ3v) is 3.83. The molecule has 1 aliphatic heterocycles. The third kappa shape index (κ3) is 2.42. The molecule has 0 saturated carbocycles. The smallest absolute Gasteiger partial charge is 0.154 e. The Hall–Kier alpha value is -1.62. The van der Waals surface area contributed by atoms with E-state index in [0.29, 0.717) is 6.04 Å². The van der Waals surface area contributed by atoms with Crippen LogP contribution in [0.15, 0.2) is 24.7 Å². The van der Waals surface area contributed by atoms with Crippen LogP contribution in [0.3, 0.4) is 0 Å². The molecule has 0 amide bonds. The van der Waals surface area contributed by atoms with Crippen LogP contribution in [0.5, 0.6) is 0 Å². The number of nitrogens with one attached hydrogen (secondary N) is 1. The molecule has 0 aromatic carbocycles. The Balaban J connectivity index is 1.91. The monoisotopic (exact) mass is 259 g/mol. The molecule has 19 heavy (non-hydrogen) atoms. The second kappa shape index (κ2) is 5.57. The first-order chi connectivity index (χ1) is 9.40. The maximum absolute atomic E-state index is 4.60. The predicted molar refractivity (Wildman–Crippen MR) is 76.5 cm³/mol. The molecule has 5 nitrogen and oxygen atoms in total. The van der Waals surface area contributed by atoms with Crippen LogP contribution in [0.25, 0.3) is 5.52 Å². The first-order valence-electron chi connectivity index (χ1n) is 7.16. The number of aromatic nitrogens is 3. The Labute approximate surface area is 113 Å². The van der Waals surface area contributed by atoms with Crippen molar-refractivity contribution in [3.05, 3.63) is 24.7 Å². The van der Waals surface area contributed by atoms with Gasteiger partial charge in [-0.05, 0) is 31.9 Å². The maximum atomic E-state index is 4.60. The molecule has 1 unspecified atom stereocenters. The summed E-state index contributed by atoms with van der Waals surface area (Å²) in [6.07, 6.45) is 9.39. The van der Waals surface area contributed by atoms with Gasteiger partial charge in [0.15, 0.2) is 5.82 Å². The Bertz CT molecular complexity index is 535. The third-order valence-electron chi connectivity index (χ3n) is 3.83. The lowest BCUT2D eigenvalue weighted by atomic mass is 10.0. The Morgan fingerprint density at radius 2 is 2.32 bits per heavy atom. The van der Waals surface area contributed by atoms with Crippen molar-refractivity contribution < 1.29 is 0 Å². The predicted octanol–water partition coefficient (Wildman–Crippen LogP) is 1.70. The largest absolute Gasteiger partial charge is 0.351 e. The van der Waals surface area contributed by atoms with Crippen LogP contribution in [0, 0.1) is 0 Å². The number of likely N-dealkylation sites (N-methyl/N-ethyl adjacent to an activating group) is 1. The van der Waals surface area contributed by atoms with Gasteiger partial charge in [0.25, 0.3) is 0 Å². The summed E-state index contributed by atoms with van der Waals surface area (Å²) in [7, 11) is 0. The van der Waals surface area contributed by atoms with Crippen molar-refractivity contribution in [2.24, 2.45) is 0 Å². The minimum absolute atomic E-state index is 0.544. The molecular formula is C14H21N5. The van der Waals surface area contributed by atoms with Gasteiger partial charge in [0.05, 0.1) is 6.20 Å². The lowest BCUT2D eigenvalue weighted by Crippen LogP contribution is -2.46. The fraction of sp³-hybridized carbons (Fsp3) is 0.571. The summed E-state index contributed by atoms with van der Waals surface area (Å²) in [6, 6.07) is 2.59. The normalized spacial score (nSPS) is 20.1. The summed E-state index contributed by atoms with van der Waals surface area (Å²) in [5, 5.41) is 7.76. The van der Waals surface area contributed by atoms with Crippen molar-refractivity contribution in [3.63, 3.8) is 0 Å². The molecule has 3 rings (SSSR count). The summed E-state index contributed by atoms with van der Waals surface area (Å²) in [5.74, 6) is 1.07. The van der Waals surface area contributed by atoms with Crippen LogP contribution in [0.1, 0.15) is 26.2 Å².